The molecular formula is C13H17ClN2O. The number of hydrogen-bond donors (Lipinski definition) is 2. The lowest BCUT2D eigenvalue weighted by molar-refractivity contribution is -0.120. The van der Waals surface area contributed by atoms with E-state index in [4.69, 9.17) is 11.6 Å². The first-order chi connectivity index (χ1) is 8.15. The van der Waals surface area contributed by atoms with Crippen LogP contribution in [0.15, 0.2) is 36.9 Å². The van der Waals surface area contributed by atoms with E-state index in [1.165, 1.54) is 0 Å². The zero-order chi connectivity index (χ0) is 12.7. The normalized spacial score (nSPS) is 11.9. The van der Waals surface area contributed by atoms with Gasteiger partial charge in [-0.25, -0.2) is 0 Å². The van der Waals surface area contributed by atoms with E-state index in [-0.39, 0.29) is 18.5 Å². The van der Waals surface area contributed by atoms with E-state index in [1.54, 1.807) is 6.08 Å². The molecule has 92 valence electrons. The topological polar surface area (TPSA) is 41.1 Å². The molecule has 1 aromatic rings. The Kier molecular flexibility index (Phi) is 5.73. The molecule has 0 heterocycles. The lowest BCUT2D eigenvalue weighted by Gasteiger charge is -2.15. The number of amides is 1. The zero-order valence-electron chi connectivity index (χ0n) is 9.87. The minimum atomic E-state index is -0.0956. The SMILES string of the molecule is C=CCNCC(=O)N[C@H](C)c1ccccc1Cl. The number of halogens is 1. The van der Waals surface area contributed by atoms with Gasteiger partial charge in [-0.05, 0) is 18.6 Å². The van der Waals surface area contributed by atoms with Gasteiger partial charge in [-0.15, -0.1) is 6.58 Å². The fraction of sp³-hybridized carbons (Fsp3) is 0.308. The molecule has 0 fully saturated rings. The van der Waals surface area contributed by atoms with Gasteiger partial charge in [0.2, 0.25) is 5.91 Å². The molecule has 2 N–H and O–H groups in total. The standard InChI is InChI=1S/C13H17ClN2O/c1-3-8-15-9-13(17)16-10(2)11-6-4-5-7-12(11)14/h3-7,10,15H,1,8-9H2,2H3,(H,16,17)/t10-/m1/s1. The summed E-state index contributed by atoms with van der Waals surface area (Å²) < 4.78 is 0. The molecule has 0 radical (unpaired) electrons. The zero-order valence-corrected chi connectivity index (χ0v) is 10.6. The van der Waals surface area contributed by atoms with Gasteiger partial charge < -0.3 is 10.6 Å². The molecule has 1 amide bonds. The number of hydrogen-bond acceptors (Lipinski definition) is 2. The highest BCUT2D eigenvalue weighted by atomic mass is 35.5. The summed E-state index contributed by atoms with van der Waals surface area (Å²) in [5, 5.41) is 6.48. The van der Waals surface area contributed by atoms with Crippen molar-refractivity contribution in [3.05, 3.63) is 47.5 Å². The molecule has 1 atom stereocenters. The Balaban J connectivity index is 2.49. The van der Waals surface area contributed by atoms with Crippen LogP contribution in [0.1, 0.15) is 18.5 Å². The van der Waals surface area contributed by atoms with Crippen molar-refractivity contribution < 1.29 is 4.79 Å². The van der Waals surface area contributed by atoms with Crippen LogP contribution in [0.25, 0.3) is 0 Å². The van der Waals surface area contributed by atoms with Crippen LogP contribution in [0.3, 0.4) is 0 Å². The molecule has 0 aromatic heterocycles. The summed E-state index contributed by atoms with van der Waals surface area (Å²) in [7, 11) is 0. The van der Waals surface area contributed by atoms with Gasteiger partial charge in [0.1, 0.15) is 0 Å². The summed E-state index contributed by atoms with van der Waals surface area (Å²) in [6, 6.07) is 7.40. The van der Waals surface area contributed by atoms with E-state index in [0.717, 1.165) is 5.56 Å². The molecule has 0 aliphatic heterocycles. The maximum atomic E-state index is 11.6. The van der Waals surface area contributed by atoms with E-state index in [2.05, 4.69) is 17.2 Å². The fourth-order valence-corrected chi connectivity index (χ4v) is 1.78. The summed E-state index contributed by atoms with van der Waals surface area (Å²) in [4.78, 5) is 11.6. The van der Waals surface area contributed by atoms with Crippen molar-refractivity contribution in [3.8, 4) is 0 Å². The van der Waals surface area contributed by atoms with Crippen LogP contribution in [0.5, 0.6) is 0 Å². The first-order valence-corrected chi connectivity index (χ1v) is 5.88. The molecule has 4 heteroatoms. The Morgan fingerprint density at radius 1 is 1.53 bits per heavy atom. The highest BCUT2D eigenvalue weighted by molar-refractivity contribution is 6.31. The number of rotatable bonds is 6. The number of nitrogens with one attached hydrogen (secondary N) is 2. The average Bonchev–Trinajstić information content (AvgIpc) is 2.29. The van der Waals surface area contributed by atoms with Crippen LogP contribution in [-0.2, 0) is 4.79 Å². The van der Waals surface area contributed by atoms with Crippen molar-refractivity contribution in [2.45, 2.75) is 13.0 Å². The summed E-state index contributed by atoms with van der Waals surface area (Å²) in [5.74, 6) is -0.0562. The Morgan fingerprint density at radius 3 is 2.88 bits per heavy atom. The summed E-state index contributed by atoms with van der Waals surface area (Å²) in [5.41, 5.74) is 0.922. The minimum absolute atomic E-state index is 0.0562. The van der Waals surface area contributed by atoms with Crippen LogP contribution in [0, 0.1) is 0 Å². The largest absolute Gasteiger partial charge is 0.348 e. The first kappa shape index (κ1) is 13.7. The van der Waals surface area contributed by atoms with Crippen LogP contribution in [0.4, 0.5) is 0 Å². The molecule has 0 spiro atoms. The highest BCUT2D eigenvalue weighted by Crippen LogP contribution is 2.21. The molecule has 0 aliphatic carbocycles. The lowest BCUT2D eigenvalue weighted by atomic mass is 10.1. The van der Waals surface area contributed by atoms with E-state index >= 15 is 0 Å². The second-order valence-corrected chi connectivity index (χ2v) is 4.14. The summed E-state index contributed by atoms with van der Waals surface area (Å²) >= 11 is 6.05. The number of benzene rings is 1. The van der Waals surface area contributed by atoms with Gasteiger partial charge in [0.05, 0.1) is 12.6 Å². The maximum Gasteiger partial charge on any atom is 0.234 e. The van der Waals surface area contributed by atoms with Crippen molar-refractivity contribution in [1.82, 2.24) is 10.6 Å². The Hall–Kier alpha value is -1.32. The van der Waals surface area contributed by atoms with Gasteiger partial charge in [0.25, 0.3) is 0 Å². The third-order valence-corrected chi connectivity index (χ3v) is 2.67. The van der Waals surface area contributed by atoms with E-state index in [0.29, 0.717) is 11.6 Å². The lowest BCUT2D eigenvalue weighted by Crippen LogP contribution is -2.35. The molecule has 0 aliphatic rings. The van der Waals surface area contributed by atoms with Crippen molar-refractivity contribution >= 4 is 17.5 Å². The third-order valence-electron chi connectivity index (χ3n) is 2.32. The molecule has 0 saturated carbocycles. The predicted octanol–water partition coefficient (Wildman–Crippen LogP) is 2.29. The van der Waals surface area contributed by atoms with Crippen molar-refractivity contribution in [2.24, 2.45) is 0 Å². The van der Waals surface area contributed by atoms with Crippen LogP contribution in [-0.4, -0.2) is 19.0 Å². The van der Waals surface area contributed by atoms with E-state index in [9.17, 15) is 4.79 Å². The van der Waals surface area contributed by atoms with Crippen LogP contribution >= 0.6 is 11.6 Å². The maximum absolute atomic E-state index is 11.6. The highest BCUT2D eigenvalue weighted by Gasteiger charge is 2.11. The summed E-state index contributed by atoms with van der Waals surface area (Å²) in [6.45, 7) is 6.37. The molecule has 0 saturated heterocycles. The Labute approximate surface area is 107 Å². The van der Waals surface area contributed by atoms with Crippen LogP contribution < -0.4 is 10.6 Å². The molecule has 0 bridgehead atoms. The van der Waals surface area contributed by atoms with E-state index < -0.39 is 0 Å². The Bertz CT molecular complexity index is 393. The molecule has 1 rings (SSSR count). The monoisotopic (exact) mass is 252 g/mol. The molecule has 17 heavy (non-hydrogen) atoms. The third kappa shape index (κ3) is 4.59. The molecule has 1 aromatic carbocycles. The van der Waals surface area contributed by atoms with Crippen molar-refractivity contribution in [2.75, 3.05) is 13.1 Å². The van der Waals surface area contributed by atoms with Gasteiger partial charge in [0.15, 0.2) is 0 Å². The molecular weight excluding hydrogens is 236 g/mol. The van der Waals surface area contributed by atoms with Crippen molar-refractivity contribution in [3.63, 3.8) is 0 Å². The van der Waals surface area contributed by atoms with Gasteiger partial charge in [0, 0.05) is 11.6 Å². The van der Waals surface area contributed by atoms with Crippen LogP contribution in [0.2, 0.25) is 5.02 Å². The predicted molar refractivity (Wildman–Crippen MR) is 71.1 cm³/mol. The second kappa shape index (κ2) is 7.09. The second-order valence-electron chi connectivity index (χ2n) is 3.73. The van der Waals surface area contributed by atoms with Gasteiger partial charge in [-0.1, -0.05) is 35.9 Å². The van der Waals surface area contributed by atoms with Crippen molar-refractivity contribution in [1.29, 1.82) is 0 Å². The summed E-state index contributed by atoms with van der Waals surface area (Å²) in [6.07, 6.45) is 1.71. The van der Waals surface area contributed by atoms with Gasteiger partial charge in [-0.2, -0.15) is 0 Å². The van der Waals surface area contributed by atoms with Gasteiger partial charge >= 0.3 is 0 Å². The Morgan fingerprint density at radius 2 is 2.24 bits per heavy atom. The first-order valence-electron chi connectivity index (χ1n) is 5.50. The van der Waals surface area contributed by atoms with E-state index in [1.807, 2.05) is 31.2 Å². The smallest absolute Gasteiger partial charge is 0.234 e. The van der Waals surface area contributed by atoms with Gasteiger partial charge in [-0.3, -0.25) is 4.79 Å². The minimum Gasteiger partial charge on any atom is -0.348 e. The molecule has 3 nitrogen and oxygen atoms in total. The quantitative estimate of drug-likeness (QED) is 0.603. The number of carbonyl (C=O) groups is 1. The average molecular weight is 253 g/mol. The fourth-order valence-electron chi connectivity index (χ4n) is 1.48. The molecule has 0 unspecified atom stereocenters. The number of carbonyl (C=O) groups excluding carboxylic acids is 1.